The van der Waals surface area contributed by atoms with Crippen molar-refractivity contribution in [2.45, 2.75) is 19.3 Å². The normalized spacial score (nSPS) is 13.0. The van der Waals surface area contributed by atoms with Gasteiger partial charge in [-0.3, -0.25) is 0 Å². The Morgan fingerprint density at radius 1 is 0.438 bits per heavy atom. The molecule has 0 saturated carbocycles. The Bertz CT molecular complexity index is 3780. The number of fused-ring (bicyclic) bond motifs is 12. The van der Waals surface area contributed by atoms with E-state index in [0.717, 1.165) is 61.1 Å². The van der Waals surface area contributed by atoms with E-state index in [1.54, 1.807) is 0 Å². The van der Waals surface area contributed by atoms with Gasteiger partial charge in [-0.05, 0) is 110 Å². The first-order valence-electron chi connectivity index (χ1n) is 22.2. The summed E-state index contributed by atoms with van der Waals surface area (Å²) in [6, 6.07) is 79.7. The van der Waals surface area contributed by atoms with E-state index in [4.69, 9.17) is 4.42 Å². The van der Waals surface area contributed by atoms with E-state index in [-0.39, 0.29) is 5.41 Å². The fraction of sp³-hybridized carbons (Fsp3) is 0.0492. The second kappa shape index (κ2) is 13.9. The molecule has 2 aromatic heterocycles. The minimum absolute atomic E-state index is 0.181. The fourth-order valence-corrected chi connectivity index (χ4v) is 10.7. The fourth-order valence-electron chi connectivity index (χ4n) is 10.7. The molecule has 0 amide bonds. The Morgan fingerprint density at radius 3 is 1.78 bits per heavy atom. The maximum Gasteiger partial charge on any atom is 0.145 e. The van der Waals surface area contributed by atoms with Crippen LogP contribution in [0.2, 0.25) is 0 Å². The largest absolute Gasteiger partial charge is 0.455 e. The zero-order valence-electron chi connectivity index (χ0n) is 35.6. The average molecular weight is 819 g/mol. The number of nitrogens with zero attached hydrogens (tertiary/aromatic N) is 2. The highest BCUT2D eigenvalue weighted by molar-refractivity contribution is 6.32. The van der Waals surface area contributed by atoms with Crippen molar-refractivity contribution < 1.29 is 4.42 Å². The molecule has 0 atom stereocenters. The van der Waals surface area contributed by atoms with Crippen molar-refractivity contribution in [3.8, 4) is 39.1 Å². The lowest BCUT2D eigenvalue weighted by atomic mass is 9.82. The summed E-state index contributed by atoms with van der Waals surface area (Å²) in [6.45, 7) is 4.73. The molecule has 0 fully saturated rings. The molecule has 0 unspecified atom stereocenters. The molecule has 13 rings (SSSR count). The van der Waals surface area contributed by atoms with Crippen LogP contribution < -0.4 is 4.90 Å². The number of rotatable bonds is 6. The summed E-state index contributed by atoms with van der Waals surface area (Å²) in [6.07, 6.45) is 0. The zero-order valence-corrected chi connectivity index (χ0v) is 35.6. The smallest absolute Gasteiger partial charge is 0.145 e. The van der Waals surface area contributed by atoms with Crippen molar-refractivity contribution in [2.75, 3.05) is 4.90 Å². The first-order valence-corrected chi connectivity index (χ1v) is 22.2. The third-order valence-corrected chi connectivity index (χ3v) is 13.8. The summed E-state index contributed by atoms with van der Waals surface area (Å²) in [5, 5.41) is 6.85. The number of hydrogen-bond acceptors (Lipinski definition) is 2. The standard InChI is InChI=1S/C61H42N2O/c1-61(2)52-23-13-11-21-48(52)49-35-34-46(37-53(49)61)62(44-30-25-41(26-31-44)39-15-5-3-6-16-39)55-38-51-50-22-12-14-24-56(50)64-60(51)58-57-47-20-10-9-19-43(47)29-36-54(57)63(59(55)58)45-32-27-42(28-33-45)40-17-7-4-8-18-40/h3-38H,1-2H3. The molecule has 3 nitrogen and oxygen atoms in total. The number of hydrogen-bond donors (Lipinski definition) is 0. The lowest BCUT2D eigenvalue weighted by Gasteiger charge is -2.29. The van der Waals surface area contributed by atoms with E-state index in [1.165, 1.54) is 60.7 Å². The third-order valence-electron chi connectivity index (χ3n) is 13.8. The highest BCUT2D eigenvalue weighted by Crippen LogP contribution is 2.53. The molecule has 0 N–H and O–H groups in total. The predicted octanol–water partition coefficient (Wildman–Crippen LogP) is 16.9. The molecule has 3 heteroatoms. The maximum absolute atomic E-state index is 7.05. The topological polar surface area (TPSA) is 21.3 Å². The summed E-state index contributed by atoms with van der Waals surface area (Å²) in [7, 11) is 0. The number of aromatic nitrogens is 1. The van der Waals surface area contributed by atoms with Gasteiger partial charge in [0.05, 0.1) is 22.1 Å². The van der Waals surface area contributed by atoms with Crippen LogP contribution in [0.5, 0.6) is 0 Å². The first-order chi connectivity index (χ1) is 31.5. The van der Waals surface area contributed by atoms with Crippen LogP contribution in [0.15, 0.2) is 223 Å². The summed E-state index contributed by atoms with van der Waals surface area (Å²) >= 11 is 0. The van der Waals surface area contributed by atoms with Gasteiger partial charge in [-0.1, -0.05) is 178 Å². The van der Waals surface area contributed by atoms with Crippen molar-refractivity contribution in [1.82, 2.24) is 4.57 Å². The Hall–Kier alpha value is -8.14. The zero-order chi connectivity index (χ0) is 42.5. The molecule has 0 radical (unpaired) electrons. The minimum Gasteiger partial charge on any atom is -0.455 e. The van der Waals surface area contributed by atoms with E-state index in [0.29, 0.717) is 0 Å². The Morgan fingerprint density at radius 2 is 1.03 bits per heavy atom. The number of furan rings is 1. The number of para-hydroxylation sites is 1. The van der Waals surface area contributed by atoms with Crippen LogP contribution in [-0.4, -0.2) is 4.57 Å². The first kappa shape index (κ1) is 36.5. The molecule has 2 heterocycles. The van der Waals surface area contributed by atoms with Gasteiger partial charge in [0.15, 0.2) is 0 Å². The average Bonchev–Trinajstić information content (AvgIpc) is 3.98. The van der Waals surface area contributed by atoms with Gasteiger partial charge in [-0.15, -0.1) is 0 Å². The Kier molecular flexibility index (Phi) is 7.95. The van der Waals surface area contributed by atoms with Crippen LogP contribution in [0.3, 0.4) is 0 Å². The van der Waals surface area contributed by atoms with E-state index in [9.17, 15) is 0 Å². The van der Waals surface area contributed by atoms with Crippen LogP contribution in [0.4, 0.5) is 17.1 Å². The predicted molar refractivity (Wildman–Crippen MR) is 269 cm³/mol. The molecular formula is C61H42N2O. The van der Waals surface area contributed by atoms with Gasteiger partial charge in [0.2, 0.25) is 0 Å². The Labute approximate surface area is 371 Å². The molecule has 0 spiro atoms. The van der Waals surface area contributed by atoms with Crippen LogP contribution >= 0.6 is 0 Å². The highest BCUT2D eigenvalue weighted by Gasteiger charge is 2.36. The minimum atomic E-state index is -0.181. The summed E-state index contributed by atoms with van der Waals surface area (Å²) < 4.78 is 9.53. The van der Waals surface area contributed by atoms with Gasteiger partial charge >= 0.3 is 0 Å². The second-order valence-electron chi connectivity index (χ2n) is 17.7. The van der Waals surface area contributed by atoms with E-state index in [2.05, 4.69) is 242 Å². The molecular weight excluding hydrogens is 777 g/mol. The van der Waals surface area contributed by atoms with Crippen LogP contribution in [0.1, 0.15) is 25.0 Å². The van der Waals surface area contributed by atoms with Crippen molar-refractivity contribution in [3.63, 3.8) is 0 Å². The molecule has 1 aliphatic rings. The molecule has 10 aromatic carbocycles. The van der Waals surface area contributed by atoms with Gasteiger partial charge < -0.3 is 13.9 Å². The van der Waals surface area contributed by atoms with Crippen LogP contribution in [0.25, 0.3) is 93.6 Å². The van der Waals surface area contributed by atoms with Crippen molar-refractivity contribution in [1.29, 1.82) is 0 Å². The van der Waals surface area contributed by atoms with E-state index < -0.39 is 0 Å². The summed E-state index contributed by atoms with van der Waals surface area (Å²) in [5.74, 6) is 0. The SMILES string of the molecule is CC1(C)c2ccccc2-c2ccc(N(c3ccc(-c4ccccc4)cc3)c3cc4c5ccccc5oc4c4c5c6ccccc6ccc5n(-c5ccc(-c6ccccc6)cc5)c34)cc21. The quantitative estimate of drug-likeness (QED) is 0.167. The van der Waals surface area contributed by atoms with Gasteiger partial charge in [-0.2, -0.15) is 0 Å². The van der Waals surface area contributed by atoms with Crippen molar-refractivity contribution >= 4 is 71.6 Å². The molecule has 12 aromatic rings. The monoisotopic (exact) mass is 818 g/mol. The molecule has 0 bridgehead atoms. The summed E-state index contributed by atoms with van der Waals surface area (Å²) in [5.41, 5.74) is 18.2. The van der Waals surface area contributed by atoms with E-state index in [1.807, 2.05) is 0 Å². The maximum atomic E-state index is 7.05. The molecule has 1 aliphatic carbocycles. The van der Waals surface area contributed by atoms with Crippen LogP contribution in [-0.2, 0) is 5.41 Å². The number of benzene rings is 10. The lowest BCUT2D eigenvalue weighted by molar-refractivity contribution is 0.660. The second-order valence-corrected chi connectivity index (χ2v) is 17.7. The van der Waals surface area contributed by atoms with Gasteiger partial charge in [0.1, 0.15) is 11.2 Å². The molecule has 64 heavy (non-hydrogen) atoms. The van der Waals surface area contributed by atoms with Crippen molar-refractivity contribution in [3.05, 3.63) is 230 Å². The molecule has 302 valence electrons. The van der Waals surface area contributed by atoms with Gasteiger partial charge in [0, 0.05) is 38.6 Å². The number of anilines is 3. The van der Waals surface area contributed by atoms with Gasteiger partial charge in [0.25, 0.3) is 0 Å². The van der Waals surface area contributed by atoms with E-state index >= 15 is 0 Å². The third kappa shape index (κ3) is 5.41. The highest BCUT2D eigenvalue weighted by atomic mass is 16.3. The molecule has 0 saturated heterocycles. The van der Waals surface area contributed by atoms with Crippen LogP contribution in [0, 0.1) is 0 Å². The lowest BCUT2D eigenvalue weighted by Crippen LogP contribution is -2.17. The van der Waals surface area contributed by atoms with Gasteiger partial charge in [-0.25, -0.2) is 0 Å². The summed E-state index contributed by atoms with van der Waals surface area (Å²) in [4.78, 5) is 2.49. The Balaban J connectivity index is 1.17. The molecule has 0 aliphatic heterocycles. The van der Waals surface area contributed by atoms with Crippen molar-refractivity contribution in [2.24, 2.45) is 0 Å².